The molecule has 118 valence electrons. The van der Waals surface area contributed by atoms with Crippen molar-refractivity contribution in [3.8, 4) is 6.07 Å². The molecule has 8 heteroatoms. The standard InChI is InChI=1S/C14H17N2O3PS2/c1-3-18-20(21,19-4-2)22-14(16)12(10-15)13(17)11-8-6-5-7-9-11/h5-9H,3-4,16H2,1-2H3/b14-12-. The van der Waals surface area contributed by atoms with Gasteiger partial charge in [0.25, 0.3) is 5.69 Å². The summed E-state index contributed by atoms with van der Waals surface area (Å²) in [6.45, 7) is 4.32. The van der Waals surface area contributed by atoms with Gasteiger partial charge < -0.3 is 14.8 Å². The Labute approximate surface area is 139 Å². The maximum absolute atomic E-state index is 12.3. The van der Waals surface area contributed by atoms with Gasteiger partial charge in [0.15, 0.2) is 0 Å². The SMILES string of the molecule is CCOP(=S)(OCC)S/C(N)=C(/C#N)C(=O)c1ccccc1. The van der Waals surface area contributed by atoms with Crippen molar-refractivity contribution in [3.63, 3.8) is 0 Å². The smallest absolute Gasteiger partial charge is 0.253 e. The summed E-state index contributed by atoms with van der Waals surface area (Å²) in [5.41, 5.74) is 3.45. The van der Waals surface area contributed by atoms with Crippen molar-refractivity contribution in [1.82, 2.24) is 0 Å². The maximum atomic E-state index is 12.3. The van der Waals surface area contributed by atoms with Crippen LogP contribution in [0.3, 0.4) is 0 Å². The molecule has 0 aromatic heterocycles. The summed E-state index contributed by atoms with van der Waals surface area (Å²) < 4.78 is 10.9. The van der Waals surface area contributed by atoms with Gasteiger partial charge in [0.1, 0.15) is 11.6 Å². The number of nitrogens with two attached hydrogens (primary N) is 1. The molecule has 0 saturated carbocycles. The third-order valence-electron chi connectivity index (χ3n) is 2.41. The highest BCUT2D eigenvalue weighted by molar-refractivity contribution is 8.69. The van der Waals surface area contributed by atoms with Crippen LogP contribution in [0.1, 0.15) is 24.2 Å². The molecule has 0 radical (unpaired) electrons. The summed E-state index contributed by atoms with van der Waals surface area (Å²) in [4.78, 5) is 12.3. The lowest BCUT2D eigenvalue weighted by Gasteiger charge is -2.20. The van der Waals surface area contributed by atoms with Crippen LogP contribution in [0.15, 0.2) is 40.9 Å². The van der Waals surface area contributed by atoms with E-state index < -0.39 is 11.5 Å². The third kappa shape index (κ3) is 5.24. The second kappa shape index (κ2) is 9.09. The van der Waals surface area contributed by atoms with E-state index in [1.807, 2.05) is 6.07 Å². The van der Waals surface area contributed by atoms with E-state index in [0.717, 1.165) is 11.4 Å². The van der Waals surface area contributed by atoms with Gasteiger partial charge in [0.2, 0.25) is 5.78 Å². The Bertz CT molecular complexity index is 631. The van der Waals surface area contributed by atoms with Crippen molar-refractivity contribution < 1.29 is 13.8 Å². The molecular formula is C14H17N2O3PS2. The zero-order valence-corrected chi connectivity index (χ0v) is 14.8. The molecule has 0 aliphatic rings. The Balaban J connectivity index is 3.09. The van der Waals surface area contributed by atoms with E-state index in [-0.39, 0.29) is 10.6 Å². The minimum Gasteiger partial charge on any atom is -0.392 e. The van der Waals surface area contributed by atoms with Crippen molar-refractivity contribution in [2.75, 3.05) is 13.2 Å². The molecule has 0 aliphatic heterocycles. The molecule has 0 amide bonds. The molecule has 1 aromatic carbocycles. The summed E-state index contributed by atoms with van der Waals surface area (Å²) in [7, 11) is 0. The van der Waals surface area contributed by atoms with Crippen LogP contribution in [0.4, 0.5) is 0 Å². The van der Waals surface area contributed by atoms with E-state index in [0.29, 0.717) is 18.8 Å². The van der Waals surface area contributed by atoms with Gasteiger partial charge >= 0.3 is 0 Å². The number of benzene rings is 1. The fraction of sp³-hybridized carbons (Fsp3) is 0.286. The van der Waals surface area contributed by atoms with E-state index in [2.05, 4.69) is 0 Å². The number of carbonyl (C=O) groups is 1. The summed E-state index contributed by atoms with van der Waals surface area (Å²) in [6, 6.07) is 10.3. The minimum atomic E-state index is -2.71. The second-order valence-corrected chi connectivity index (χ2v) is 10.1. The van der Waals surface area contributed by atoms with Gasteiger partial charge in [-0.3, -0.25) is 4.79 Å². The number of carbonyl (C=O) groups excluding carboxylic acids is 1. The number of ketones is 1. The van der Waals surface area contributed by atoms with Crippen molar-refractivity contribution in [3.05, 3.63) is 46.5 Å². The summed E-state index contributed by atoms with van der Waals surface area (Å²) in [5.74, 6) is -0.442. The molecule has 0 aliphatic carbocycles. The van der Waals surface area contributed by atoms with Crippen molar-refractivity contribution in [1.29, 1.82) is 5.26 Å². The Morgan fingerprint density at radius 3 is 2.32 bits per heavy atom. The van der Waals surface area contributed by atoms with Gasteiger partial charge in [-0.15, -0.1) is 0 Å². The number of nitriles is 1. The molecule has 0 saturated heterocycles. The van der Waals surface area contributed by atoms with Gasteiger partial charge in [-0.1, -0.05) is 30.3 Å². The number of hydrogen-bond donors (Lipinski definition) is 1. The first kappa shape index (κ1) is 18.9. The van der Waals surface area contributed by atoms with Crippen molar-refractivity contribution in [2.24, 2.45) is 5.73 Å². The Morgan fingerprint density at radius 1 is 1.32 bits per heavy atom. The van der Waals surface area contributed by atoms with Gasteiger partial charge in [0, 0.05) is 5.56 Å². The monoisotopic (exact) mass is 356 g/mol. The van der Waals surface area contributed by atoms with Crippen LogP contribution in [0.2, 0.25) is 0 Å². The molecule has 0 heterocycles. The summed E-state index contributed by atoms with van der Waals surface area (Å²) >= 11 is 6.29. The van der Waals surface area contributed by atoms with Crippen molar-refractivity contribution in [2.45, 2.75) is 13.8 Å². The van der Waals surface area contributed by atoms with Gasteiger partial charge in [0.05, 0.1) is 18.2 Å². The largest absolute Gasteiger partial charge is 0.392 e. The Kier molecular flexibility index (Phi) is 7.80. The molecule has 0 bridgehead atoms. The topological polar surface area (TPSA) is 85.3 Å². The predicted molar refractivity (Wildman–Crippen MR) is 92.7 cm³/mol. The number of nitrogens with zero attached hydrogens (tertiary/aromatic N) is 1. The lowest BCUT2D eigenvalue weighted by molar-refractivity contribution is 0.103. The predicted octanol–water partition coefficient (Wildman–Crippen LogP) is 3.59. The maximum Gasteiger partial charge on any atom is 0.253 e. The van der Waals surface area contributed by atoms with Crippen LogP contribution in [0.5, 0.6) is 0 Å². The lowest BCUT2D eigenvalue weighted by atomic mass is 10.1. The van der Waals surface area contributed by atoms with E-state index in [9.17, 15) is 10.1 Å². The van der Waals surface area contributed by atoms with Crippen LogP contribution >= 0.6 is 17.1 Å². The summed E-state index contributed by atoms with van der Waals surface area (Å²) in [6.07, 6.45) is 0. The van der Waals surface area contributed by atoms with Crippen LogP contribution < -0.4 is 5.73 Å². The lowest BCUT2D eigenvalue weighted by Crippen LogP contribution is -2.09. The molecule has 0 fully saturated rings. The highest BCUT2D eigenvalue weighted by Gasteiger charge is 2.25. The fourth-order valence-corrected chi connectivity index (χ4v) is 6.11. The Morgan fingerprint density at radius 2 is 1.86 bits per heavy atom. The third-order valence-corrected chi connectivity index (χ3v) is 7.38. The first-order valence-corrected chi connectivity index (χ1v) is 10.6. The van der Waals surface area contributed by atoms with Crippen molar-refractivity contribution >= 4 is 34.7 Å². The number of hydrogen-bond acceptors (Lipinski definition) is 7. The molecule has 1 rings (SSSR count). The van der Waals surface area contributed by atoms with Crippen LogP contribution in [0.25, 0.3) is 0 Å². The molecule has 0 unspecified atom stereocenters. The number of rotatable bonds is 8. The second-order valence-electron chi connectivity index (χ2n) is 3.92. The number of allylic oxidation sites excluding steroid dienone is 1. The van der Waals surface area contributed by atoms with E-state index >= 15 is 0 Å². The molecule has 0 spiro atoms. The van der Waals surface area contributed by atoms with E-state index in [1.54, 1.807) is 44.2 Å². The van der Waals surface area contributed by atoms with E-state index in [4.69, 9.17) is 26.6 Å². The minimum absolute atomic E-state index is 0.0292. The van der Waals surface area contributed by atoms with Gasteiger partial charge in [-0.2, -0.15) is 5.26 Å². The fourth-order valence-electron chi connectivity index (χ4n) is 1.52. The molecule has 5 nitrogen and oxygen atoms in total. The molecule has 22 heavy (non-hydrogen) atoms. The van der Waals surface area contributed by atoms with Gasteiger partial charge in [-0.05, 0) is 37.0 Å². The highest BCUT2D eigenvalue weighted by atomic mass is 32.9. The highest BCUT2D eigenvalue weighted by Crippen LogP contribution is 2.63. The molecule has 1 aromatic rings. The zero-order valence-electron chi connectivity index (χ0n) is 12.3. The average molecular weight is 356 g/mol. The molecular weight excluding hydrogens is 339 g/mol. The first-order valence-electron chi connectivity index (χ1n) is 6.55. The summed E-state index contributed by atoms with van der Waals surface area (Å²) in [5, 5.41) is 9.29. The quantitative estimate of drug-likeness (QED) is 0.330. The molecule has 2 N–H and O–H groups in total. The van der Waals surface area contributed by atoms with Crippen LogP contribution in [-0.2, 0) is 20.9 Å². The zero-order chi connectivity index (χ0) is 16.6. The molecule has 0 atom stereocenters. The van der Waals surface area contributed by atoms with Gasteiger partial charge in [-0.25, -0.2) is 0 Å². The Hall–Kier alpha value is -1.16. The normalized spacial score (nSPS) is 12.4. The average Bonchev–Trinajstić information content (AvgIpc) is 2.49. The van der Waals surface area contributed by atoms with Crippen LogP contribution in [0, 0.1) is 11.3 Å². The van der Waals surface area contributed by atoms with E-state index in [1.165, 1.54) is 0 Å². The first-order chi connectivity index (χ1) is 10.5. The number of Topliss-reactive ketones (excluding diaryl/α,β-unsaturated/α-hetero) is 1. The van der Waals surface area contributed by atoms with Crippen LogP contribution in [-0.4, -0.2) is 19.0 Å².